The van der Waals surface area contributed by atoms with Gasteiger partial charge in [-0.2, -0.15) is 0 Å². The number of benzene rings is 1. The van der Waals surface area contributed by atoms with Gasteiger partial charge in [0, 0.05) is 63.0 Å². The van der Waals surface area contributed by atoms with Crippen LogP contribution in [0.5, 0.6) is 5.75 Å². The number of imidazole rings is 1. The van der Waals surface area contributed by atoms with Crippen LogP contribution in [0.3, 0.4) is 0 Å². The maximum Gasteiger partial charge on any atom is 0.140 e. The van der Waals surface area contributed by atoms with E-state index >= 15 is 0 Å². The molecule has 5 heterocycles. The number of ether oxygens (including phenoxy) is 2. The molecule has 2 aliphatic rings. The van der Waals surface area contributed by atoms with Gasteiger partial charge < -0.3 is 20.5 Å². The number of hydrogen-bond donors (Lipinski definition) is 2. The van der Waals surface area contributed by atoms with Crippen molar-refractivity contribution < 1.29 is 9.47 Å². The molecule has 0 amide bonds. The Kier molecular flexibility index (Phi) is 7.69. The smallest absolute Gasteiger partial charge is 0.140 e. The Morgan fingerprint density at radius 3 is 2.67 bits per heavy atom. The van der Waals surface area contributed by atoms with E-state index in [0.29, 0.717) is 12.6 Å². The molecule has 3 N–H and O–H groups in total. The van der Waals surface area contributed by atoms with Crippen LogP contribution in [0.2, 0.25) is 0 Å². The predicted molar refractivity (Wildman–Crippen MR) is 156 cm³/mol. The van der Waals surface area contributed by atoms with Crippen molar-refractivity contribution in [3.8, 4) is 17.1 Å². The number of nitrogens with one attached hydrogen (secondary N) is 1. The summed E-state index contributed by atoms with van der Waals surface area (Å²) in [7, 11) is 1.73. The summed E-state index contributed by atoms with van der Waals surface area (Å²) in [5.41, 5.74) is 11.3. The Bertz CT molecular complexity index is 1500. The highest BCUT2D eigenvalue weighted by Gasteiger charge is 2.30. The largest absolute Gasteiger partial charge is 0.490 e. The van der Waals surface area contributed by atoms with E-state index < -0.39 is 0 Å². The zero-order valence-electron chi connectivity index (χ0n) is 22.6. The molecule has 206 valence electrons. The lowest BCUT2D eigenvalue weighted by Gasteiger charge is -2.41. The molecule has 1 aromatic carbocycles. The lowest BCUT2D eigenvalue weighted by atomic mass is 10.0. The van der Waals surface area contributed by atoms with Crippen molar-refractivity contribution >= 4 is 23.3 Å². The monoisotopic (exact) mass is 538 g/mol. The van der Waals surface area contributed by atoms with Crippen molar-refractivity contribution in [1.82, 2.24) is 24.3 Å². The zero-order valence-corrected chi connectivity index (χ0v) is 22.6. The van der Waals surface area contributed by atoms with Crippen molar-refractivity contribution in [2.24, 2.45) is 10.7 Å². The van der Waals surface area contributed by atoms with Gasteiger partial charge in [-0.1, -0.05) is 24.3 Å². The number of fused-ring (bicyclic) bond motifs is 1. The molecule has 2 aliphatic heterocycles. The van der Waals surface area contributed by atoms with Crippen molar-refractivity contribution in [2.45, 2.75) is 31.5 Å². The molecule has 6 rings (SSSR count). The summed E-state index contributed by atoms with van der Waals surface area (Å²) < 4.78 is 13.7. The molecule has 0 bridgehead atoms. The minimum Gasteiger partial charge on any atom is -0.490 e. The second-order valence-corrected chi connectivity index (χ2v) is 10.1. The zero-order chi connectivity index (χ0) is 27.3. The van der Waals surface area contributed by atoms with Crippen LogP contribution in [-0.4, -0.2) is 76.0 Å². The summed E-state index contributed by atoms with van der Waals surface area (Å²) >= 11 is 0. The van der Waals surface area contributed by atoms with Crippen LogP contribution in [0.1, 0.15) is 24.0 Å². The molecule has 0 spiro atoms. The number of nitrogens with two attached hydrogens (primary N) is 1. The average molecular weight is 539 g/mol. The predicted octanol–water partition coefficient (Wildman–Crippen LogP) is 3.65. The topological polar surface area (TPSA) is 115 Å². The Morgan fingerprint density at radius 1 is 1.12 bits per heavy atom. The van der Waals surface area contributed by atoms with Gasteiger partial charge in [0.05, 0.1) is 36.8 Å². The Balaban J connectivity index is 1.09. The lowest BCUT2D eigenvalue weighted by Crippen LogP contribution is -2.52. The molecule has 10 heteroatoms. The molecule has 0 atom stereocenters. The summed E-state index contributed by atoms with van der Waals surface area (Å²) in [6.07, 6.45) is 11.0. The molecule has 0 saturated carbocycles. The molecular weight excluding hydrogens is 504 g/mol. The Morgan fingerprint density at radius 2 is 1.95 bits per heavy atom. The van der Waals surface area contributed by atoms with Crippen LogP contribution in [0, 0.1) is 0 Å². The highest BCUT2D eigenvalue weighted by Crippen LogP contribution is 2.26. The van der Waals surface area contributed by atoms with Gasteiger partial charge >= 0.3 is 0 Å². The van der Waals surface area contributed by atoms with E-state index in [1.54, 1.807) is 25.8 Å². The molecule has 3 aromatic heterocycles. The molecule has 0 unspecified atom stereocenters. The first kappa shape index (κ1) is 26.0. The number of nitrogens with zero attached hydrogens (tertiary/aromatic N) is 6. The molecule has 4 aromatic rings. The van der Waals surface area contributed by atoms with Crippen molar-refractivity contribution in [2.75, 3.05) is 38.7 Å². The van der Waals surface area contributed by atoms with Crippen LogP contribution in [-0.2, 0) is 11.3 Å². The van der Waals surface area contributed by atoms with Crippen molar-refractivity contribution in [3.63, 3.8) is 0 Å². The van der Waals surface area contributed by atoms with Crippen molar-refractivity contribution in [3.05, 3.63) is 78.5 Å². The molecule has 0 radical (unpaired) electrons. The van der Waals surface area contributed by atoms with E-state index in [0.717, 1.165) is 84.4 Å². The molecule has 2 fully saturated rings. The Hall–Kier alpha value is -4.28. The maximum absolute atomic E-state index is 6.33. The van der Waals surface area contributed by atoms with Gasteiger partial charge in [0.2, 0.25) is 0 Å². The molecule has 40 heavy (non-hydrogen) atoms. The number of rotatable bonds is 9. The van der Waals surface area contributed by atoms with Gasteiger partial charge in [-0.05, 0) is 30.0 Å². The molecular formula is C30H34N8O2. The number of pyridine rings is 1. The van der Waals surface area contributed by atoms with Gasteiger partial charge in [0.1, 0.15) is 29.6 Å². The standard InChI is InChI=1S/C30H34N8O2/c1-32-16-23(14-31)22-4-2-21(3-5-22)15-33-29-13-27(35-20-36-29)28-17-34-30-12-26(8-11-38(28)30)40-25-6-9-37(10-7-25)24-18-39-19-24/h2-5,8,11-14,16-17,20,24-25H,6-7,9-10,15,18-19,31H2,1H3,(H,33,35,36)/b23-14+,32-16?. The third-order valence-corrected chi connectivity index (χ3v) is 7.54. The van der Waals surface area contributed by atoms with E-state index in [4.69, 9.17) is 15.2 Å². The lowest BCUT2D eigenvalue weighted by molar-refractivity contribution is -0.0778. The first-order valence-corrected chi connectivity index (χ1v) is 13.7. The number of aliphatic imine (C=N–C) groups is 1. The normalized spacial score (nSPS) is 17.4. The minimum absolute atomic E-state index is 0.227. The van der Waals surface area contributed by atoms with E-state index in [-0.39, 0.29) is 6.10 Å². The summed E-state index contributed by atoms with van der Waals surface area (Å²) in [6.45, 7) is 4.48. The van der Waals surface area contributed by atoms with Gasteiger partial charge in [-0.15, -0.1) is 0 Å². The van der Waals surface area contributed by atoms with E-state index in [2.05, 4.69) is 42.3 Å². The highest BCUT2D eigenvalue weighted by atomic mass is 16.5. The summed E-state index contributed by atoms with van der Waals surface area (Å²) in [5, 5.41) is 3.39. The average Bonchev–Trinajstić information content (AvgIpc) is 3.39. The van der Waals surface area contributed by atoms with Crippen LogP contribution < -0.4 is 15.8 Å². The van der Waals surface area contributed by atoms with Crippen LogP contribution in [0.4, 0.5) is 5.82 Å². The maximum atomic E-state index is 6.33. The van der Waals surface area contributed by atoms with E-state index in [1.165, 1.54) is 0 Å². The second kappa shape index (κ2) is 11.8. The number of likely N-dealkylation sites (tertiary alicyclic amines) is 1. The van der Waals surface area contributed by atoms with Gasteiger partial charge in [0.15, 0.2) is 0 Å². The first-order chi connectivity index (χ1) is 19.7. The van der Waals surface area contributed by atoms with E-state index in [1.807, 2.05) is 47.1 Å². The SMILES string of the molecule is CN=C/C(=C\N)c1ccc(CNc2cc(-c3cnc4cc(OC5CCN(C6COC6)CC5)ccn34)ncn2)cc1. The fraction of sp³-hybridized carbons (Fsp3) is 0.333. The quantitative estimate of drug-likeness (QED) is 0.311. The summed E-state index contributed by atoms with van der Waals surface area (Å²) in [4.78, 5) is 20.1. The fourth-order valence-corrected chi connectivity index (χ4v) is 5.16. The molecule has 10 nitrogen and oxygen atoms in total. The molecule has 2 saturated heterocycles. The van der Waals surface area contributed by atoms with Gasteiger partial charge in [-0.25, -0.2) is 15.0 Å². The van der Waals surface area contributed by atoms with Crippen LogP contribution >= 0.6 is 0 Å². The summed E-state index contributed by atoms with van der Waals surface area (Å²) in [5.74, 6) is 1.59. The van der Waals surface area contributed by atoms with Crippen LogP contribution in [0.15, 0.2) is 72.4 Å². The number of allylic oxidation sites excluding steroid dienone is 1. The highest BCUT2D eigenvalue weighted by molar-refractivity contribution is 6.09. The minimum atomic E-state index is 0.227. The van der Waals surface area contributed by atoms with Crippen LogP contribution in [0.25, 0.3) is 22.6 Å². The second-order valence-electron chi connectivity index (χ2n) is 10.1. The number of hydrogen-bond acceptors (Lipinski definition) is 9. The third kappa shape index (κ3) is 5.68. The van der Waals surface area contributed by atoms with Crippen molar-refractivity contribution in [1.29, 1.82) is 0 Å². The number of aromatic nitrogens is 4. The molecule has 0 aliphatic carbocycles. The van der Waals surface area contributed by atoms with E-state index in [9.17, 15) is 0 Å². The number of anilines is 1. The third-order valence-electron chi connectivity index (χ3n) is 7.54. The Labute approximate surface area is 233 Å². The van der Waals surface area contributed by atoms with Gasteiger partial charge in [0.25, 0.3) is 0 Å². The van der Waals surface area contributed by atoms with Gasteiger partial charge in [-0.3, -0.25) is 14.3 Å². The number of piperidine rings is 1. The fourth-order valence-electron chi connectivity index (χ4n) is 5.16. The first-order valence-electron chi connectivity index (χ1n) is 13.7. The summed E-state index contributed by atoms with van der Waals surface area (Å²) in [6, 6.07) is 14.7.